The van der Waals surface area contributed by atoms with Crippen LogP contribution in [0.5, 0.6) is 0 Å². The Morgan fingerprint density at radius 2 is 2.00 bits per heavy atom. The number of carbonyl (C=O) groups excluding carboxylic acids is 3. The first-order valence-electron chi connectivity index (χ1n) is 8.85. The maximum Gasteiger partial charge on any atom is 0.265 e. The molecule has 0 atom stereocenters. The van der Waals surface area contributed by atoms with E-state index in [-0.39, 0.29) is 27.8 Å². The first-order chi connectivity index (χ1) is 14.1. The van der Waals surface area contributed by atoms with Crippen molar-refractivity contribution < 1.29 is 19.5 Å². The molecule has 0 unspecified atom stereocenters. The molecule has 3 rings (SSSR count). The van der Waals surface area contributed by atoms with Gasteiger partial charge in [0.1, 0.15) is 5.57 Å². The van der Waals surface area contributed by atoms with Gasteiger partial charge in [0, 0.05) is 34.2 Å². The van der Waals surface area contributed by atoms with Crippen LogP contribution in [-0.4, -0.2) is 38.9 Å². The predicted octanol–water partition coefficient (Wildman–Crippen LogP) is 1.92. The average Bonchev–Trinajstić information content (AvgIpc) is 2.96. The van der Waals surface area contributed by atoms with Crippen LogP contribution >= 0.6 is 23.8 Å². The predicted molar refractivity (Wildman–Crippen MR) is 115 cm³/mol. The number of aryl methyl sites for hydroxylation is 1. The SMILES string of the molecule is C=CCN1C(=O)/C(=C/c2cc(C)n(-c3ccc(Cl)c(C(=O)[O-])c3)c2C)C(=O)NC1=S. The quantitative estimate of drug-likeness (QED) is 0.330. The van der Waals surface area contributed by atoms with Crippen molar-refractivity contribution in [2.75, 3.05) is 6.54 Å². The highest BCUT2D eigenvalue weighted by atomic mass is 35.5. The molecular weight excluding hydrogens is 426 g/mol. The van der Waals surface area contributed by atoms with Gasteiger partial charge in [-0.3, -0.25) is 19.8 Å². The molecule has 30 heavy (non-hydrogen) atoms. The fourth-order valence-electron chi connectivity index (χ4n) is 3.28. The lowest BCUT2D eigenvalue weighted by molar-refractivity contribution is -0.255. The lowest BCUT2D eigenvalue weighted by Gasteiger charge is -2.27. The van der Waals surface area contributed by atoms with E-state index in [1.165, 1.54) is 29.2 Å². The molecule has 1 N–H and O–H groups in total. The maximum atomic E-state index is 12.7. The molecule has 1 aliphatic rings. The summed E-state index contributed by atoms with van der Waals surface area (Å²) in [5.41, 5.74) is 2.48. The molecule has 154 valence electrons. The second kappa shape index (κ2) is 8.25. The van der Waals surface area contributed by atoms with Crippen LogP contribution in [0.3, 0.4) is 0 Å². The molecule has 1 aromatic carbocycles. The highest BCUT2D eigenvalue weighted by Crippen LogP contribution is 2.26. The molecule has 0 saturated carbocycles. The van der Waals surface area contributed by atoms with Crippen LogP contribution in [0.4, 0.5) is 0 Å². The third-order valence-electron chi connectivity index (χ3n) is 4.70. The number of nitrogens with zero attached hydrogens (tertiary/aromatic N) is 2. The van der Waals surface area contributed by atoms with E-state index in [0.29, 0.717) is 16.9 Å². The smallest absolute Gasteiger partial charge is 0.265 e. The molecule has 0 bridgehead atoms. The Bertz CT molecular complexity index is 1150. The largest absolute Gasteiger partial charge is 0.545 e. The molecular formula is C21H17ClN3O4S-. The van der Waals surface area contributed by atoms with E-state index >= 15 is 0 Å². The fraction of sp³-hybridized carbons (Fsp3) is 0.143. The highest BCUT2D eigenvalue weighted by Gasteiger charge is 2.32. The number of rotatable bonds is 5. The van der Waals surface area contributed by atoms with Gasteiger partial charge in [0.25, 0.3) is 11.8 Å². The first-order valence-corrected chi connectivity index (χ1v) is 9.64. The number of aromatic carboxylic acids is 1. The summed E-state index contributed by atoms with van der Waals surface area (Å²) in [5, 5.41) is 13.9. The van der Waals surface area contributed by atoms with Gasteiger partial charge in [0.05, 0.1) is 5.97 Å². The van der Waals surface area contributed by atoms with Crippen LogP contribution in [0.2, 0.25) is 5.02 Å². The van der Waals surface area contributed by atoms with Gasteiger partial charge in [-0.25, -0.2) is 0 Å². The van der Waals surface area contributed by atoms with Gasteiger partial charge in [-0.2, -0.15) is 0 Å². The minimum atomic E-state index is -1.38. The average molecular weight is 443 g/mol. The summed E-state index contributed by atoms with van der Waals surface area (Å²) in [6, 6.07) is 6.36. The zero-order valence-corrected chi connectivity index (χ0v) is 17.8. The van der Waals surface area contributed by atoms with Crippen LogP contribution in [0.15, 0.2) is 42.5 Å². The number of hydrogen-bond donors (Lipinski definition) is 1. The van der Waals surface area contributed by atoms with E-state index in [1.807, 2.05) is 6.92 Å². The number of carboxylic acid groups (broad SMARTS) is 1. The van der Waals surface area contributed by atoms with Gasteiger partial charge in [-0.05, 0) is 62.0 Å². The number of nitrogens with one attached hydrogen (secondary N) is 1. The van der Waals surface area contributed by atoms with Crippen LogP contribution in [0, 0.1) is 13.8 Å². The van der Waals surface area contributed by atoms with Crippen molar-refractivity contribution >= 4 is 52.8 Å². The van der Waals surface area contributed by atoms with Crippen LogP contribution < -0.4 is 10.4 Å². The lowest BCUT2D eigenvalue weighted by Crippen LogP contribution is -2.53. The van der Waals surface area contributed by atoms with Gasteiger partial charge < -0.3 is 14.5 Å². The topological polar surface area (TPSA) is 94.5 Å². The van der Waals surface area contributed by atoms with Crippen molar-refractivity contribution in [2.45, 2.75) is 13.8 Å². The number of amides is 2. The number of carbonyl (C=O) groups is 3. The molecule has 2 aromatic rings. The molecule has 2 amide bonds. The van der Waals surface area contributed by atoms with Crippen molar-refractivity contribution in [3.63, 3.8) is 0 Å². The van der Waals surface area contributed by atoms with Crippen LogP contribution in [-0.2, 0) is 9.59 Å². The number of benzene rings is 1. The van der Waals surface area contributed by atoms with Gasteiger partial charge in [0.15, 0.2) is 5.11 Å². The molecule has 0 aliphatic carbocycles. The minimum absolute atomic E-state index is 0.0310. The van der Waals surface area contributed by atoms with E-state index in [1.54, 1.807) is 23.6 Å². The summed E-state index contributed by atoms with van der Waals surface area (Å²) in [6.07, 6.45) is 3.00. The van der Waals surface area contributed by atoms with Crippen molar-refractivity contribution in [3.8, 4) is 5.69 Å². The van der Waals surface area contributed by atoms with Gasteiger partial charge >= 0.3 is 0 Å². The summed E-state index contributed by atoms with van der Waals surface area (Å²) in [5.74, 6) is -2.48. The number of carboxylic acids is 1. The lowest BCUT2D eigenvalue weighted by atomic mass is 10.1. The zero-order chi connectivity index (χ0) is 22.2. The summed E-state index contributed by atoms with van der Waals surface area (Å²) in [4.78, 5) is 37.7. The molecule has 9 heteroatoms. The molecule has 1 aliphatic heterocycles. The Morgan fingerprint density at radius 1 is 1.30 bits per heavy atom. The normalized spacial score (nSPS) is 15.5. The van der Waals surface area contributed by atoms with Crippen LogP contribution in [0.25, 0.3) is 11.8 Å². The zero-order valence-electron chi connectivity index (χ0n) is 16.2. The third kappa shape index (κ3) is 3.79. The summed E-state index contributed by atoms with van der Waals surface area (Å²) < 4.78 is 1.80. The molecule has 1 aromatic heterocycles. The van der Waals surface area contributed by atoms with E-state index < -0.39 is 17.8 Å². The molecule has 1 saturated heterocycles. The second-order valence-corrected chi connectivity index (χ2v) is 7.43. The molecule has 0 spiro atoms. The van der Waals surface area contributed by atoms with Gasteiger partial charge in [0.2, 0.25) is 0 Å². The number of hydrogen-bond acceptors (Lipinski definition) is 5. The second-order valence-electron chi connectivity index (χ2n) is 6.64. The molecule has 1 fully saturated rings. The van der Waals surface area contributed by atoms with Gasteiger partial charge in [-0.1, -0.05) is 17.7 Å². The summed E-state index contributed by atoms with van der Waals surface area (Å²) in [6.45, 7) is 7.39. The Labute approximate surface area is 183 Å². The minimum Gasteiger partial charge on any atom is -0.545 e. The Hall–Kier alpha value is -3.23. The number of halogens is 1. The van der Waals surface area contributed by atoms with Crippen molar-refractivity contribution in [1.29, 1.82) is 0 Å². The van der Waals surface area contributed by atoms with Crippen molar-refractivity contribution in [2.24, 2.45) is 0 Å². The maximum absolute atomic E-state index is 12.7. The monoisotopic (exact) mass is 442 g/mol. The Kier molecular flexibility index (Phi) is 5.91. The molecule has 7 nitrogen and oxygen atoms in total. The summed E-state index contributed by atoms with van der Waals surface area (Å²) >= 11 is 11.0. The van der Waals surface area contributed by atoms with Crippen LogP contribution in [0.1, 0.15) is 27.3 Å². The Morgan fingerprint density at radius 3 is 2.63 bits per heavy atom. The number of aromatic nitrogens is 1. The van der Waals surface area contributed by atoms with Gasteiger partial charge in [-0.15, -0.1) is 6.58 Å². The standard InChI is InChI=1S/C21H18ClN3O4S/c1-4-7-24-19(27)16(18(26)23-21(24)30)9-13-8-11(2)25(12(13)3)14-5-6-17(22)15(10-14)20(28)29/h4-6,8-10H,1,7H2,2-3H3,(H,28,29)(H,23,26,30)/p-1/b16-9+. The Balaban J connectivity index is 2.08. The summed E-state index contributed by atoms with van der Waals surface area (Å²) in [7, 11) is 0. The highest BCUT2D eigenvalue weighted by molar-refractivity contribution is 7.80. The van der Waals surface area contributed by atoms with Crippen molar-refractivity contribution in [3.05, 3.63) is 70.0 Å². The fourth-order valence-corrected chi connectivity index (χ4v) is 3.73. The third-order valence-corrected chi connectivity index (χ3v) is 5.35. The van der Waals surface area contributed by atoms with Crippen molar-refractivity contribution in [1.82, 2.24) is 14.8 Å². The van der Waals surface area contributed by atoms with E-state index in [0.717, 1.165) is 5.69 Å². The molecule has 2 heterocycles. The van der Waals surface area contributed by atoms with E-state index in [4.69, 9.17) is 23.8 Å². The van der Waals surface area contributed by atoms with E-state index in [2.05, 4.69) is 11.9 Å². The van der Waals surface area contributed by atoms with E-state index in [9.17, 15) is 19.5 Å². The molecule has 0 radical (unpaired) electrons. The first kappa shape index (κ1) is 21.5. The number of thiocarbonyl (C=S) groups is 1.